The van der Waals surface area contributed by atoms with Gasteiger partial charge in [0.15, 0.2) is 0 Å². The van der Waals surface area contributed by atoms with Gasteiger partial charge in [0.05, 0.1) is 6.61 Å². The lowest BCUT2D eigenvalue weighted by Crippen LogP contribution is -2.60. The van der Waals surface area contributed by atoms with Crippen LogP contribution in [0.4, 0.5) is 0 Å². The third kappa shape index (κ3) is 4.47. The van der Waals surface area contributed by atoms with Crippen LogP contribution < -0.4 is 11.1 Å². The number of amides is 1. The lowest BCUT2D eigenvalue weighted by atomic mass is 10.00. The molecule has 2 unspecified atom stereocenters. The van der Waals surface area contributed by atoms with Crippen molar-refractivity contribution < 1.29 is 9.53 Å². The second-order valence-electron chi connectivity index (χ2n) is 4.45. The van der Waals surface area contributed by atoms with Crippen molar-refractivity contribution in [2.45, 2.75) is 32.4 Å². The van der Waals surface area contributed by atoms with Gasteiger partial charge in [-0.15, -0.1) is 0 Å². The fraction of sp³-hybridized carbons (Fsp3) is 0.909. The minimum absolute atomic E-state index is 0.252. The Morgan fingerprint density at radius 2 is 2.19 bits per heavy atom. The Bertz CT molecular complexity index is 223. The van der Waals surface area contributed by atoms with E-state index in [4.69, 9.17) is 10.5 Å². The van der Waals surface area contributed by atoms with Gasteiger partial charge in [-0.3, -0.25) is 9.69 Å². The molecule has 0 saturated carbocycles. The average Bonchev–Trinajstić information content (AvgIpc) is 2.18. The van der Waals surface area contributed by atoms with Gasteiger partial charge in [-0.25, -0.2) is 0 Å². The number of hydrogen-bond acceptors (Lipinski definition) is 4. The molecule has 0 aliphatic carbocycles. The van der Waals surface area contributed by atoms with Gasteiger partial charge < -0.3 is 15.8 Å². The van der Waals surface area contributed by atoms with Crippen LogP contribution in [0.2, 0.25) is 0 Å². The minimum Gasteiger partial charge on any atom is -0.383 e. The summed E-state index contributed by atoms with van der Waals surface area (Å²) in [5, 5.41) is 3.13. The van der Waals surface area contributed by atoms with E-state index in [-0.39, 0.29) is 11.9 Å². The maximum Gasteiger partial charge on any atom is 0.238 e. The van der Waals surface area contributed by atoms with Crippen LogP contribution in [0.5, 0.6) is 0 Å². The van der Waals surface area contributed by atoms with Crippen molar-refractivity contribution in [1.82, 2.24) is 10.2 Å². The third-order valence-corrected chi connectivity index (χ3v) is 2.84. The first-order chi connectivity index (χ1) is 7.37. The summed E-state index contributed by atoms with van der Waals surface area (Å²) < 4.78 is 5.08. The lowest BCUT2D eigenvalue weighted by Gasteiger charge is -2.34. The number of nitrogens with one attached hydrogen (secondary N) is 1. The van der Waals surface area contributed by atoms with Crippen LogP contribution in [-0.2, 0) is 9.53 Å². The van der Waals surface area contributed by atoms with Crippen molar-refractivity contribution in [3.05, 3.63) is 0 Å². The minimum atomic E-state index is -0.689. The second-order valence-corrected chi connectivity index (χ2v) is 4.45. The first-order valence-electron chi connectivity index (χ1n) is 5.61. The molecule has 0 aliphatic heterocycles. The van der Waals surface area contributed by atoms with E-state index in [0.717, 1.165) is 0 Å². The highest BCUT2D eigenvalue weighted by Crippen LogP contribution is 2.08. The summed E-state index contributed by atoms with van der Waals surface area (Å²) in [7, 11) is 3.63. The van der Waals surface area contributed by atoms with E-state index in [2.05, 4.69) is 17.1 Å². The SMILES string of the molecule is CCNC(C)(CN(C)C(C)COC)C(N)=O. The molecule has 0 aromatic carbocycles. The fourth-order valence-electron chi connectivity index (χ4n) is 1.63. The first-order valence-corrected chi connectivity index (χ1v) is 5.61. The second kappa shape index (κ2) is 6.83. The highest BCUT2D eigenvalue weighted by atomic mass is 16.5. The van der Waals surface area contributed by atoms with Gasteiger partial charge in [-0.2, -0.15) is 0 Å². The molecule has 0 saturated heterocycles. The number of primary amides is 1. The summed E-state index contributed by atoms with van der Waals surface area (Å²) in [6.07, 6.45) is 0. The predicted octanol–water partition coefficient (Wildman–Crippen LogP) is -0.193. The monoisotopic (exact) mass is 231 g/mol. The molecule has 5 nitrogen and oxygen atoms in total. The van der Waals surface area contributed by atoms with Gasteiger partial charge in [0.25, 0.3) is 0 Å². The quantitative estimate of drug-likeness (QED) is 0.607. The van der Waals surface area contributed by atoms with Crippen molar-refractivity contribution in [1.29, 1.82) is 0 Å². The van der Waals surface area contributed by atoms with Crippen molar-refractivity contribution in [3.63, 3.8) is 0 Å². The van der Waals surface area contributed by atoms with Gasteiger partial charge in [-0.1, -0.05) is 6.92 Å². The summed E-state index contributed by atoms with van der Waals surface area (Å²) >= 11 is 0. The van der Waals surface area contributed by atoms with Gasteiger partial charge in [0.2, 0.25) is 5.91 Å². The highest BCUT2D eigenvalue weighted by Gasteiger charge is 2.32. The summed E-state index contributed by atoms with van der Waals surface area (Å²) in [6, 6.07) is 0.252. The Balaban J connectivity index is 4.45. The molecule has 2 atom stereocenters. The number of rotatable bonds is 8. The van der Waals surface area contributed by atoms with Gasteiger partial charge in [0.1, 0.15) is 5.54 Å². The standard InChI is InChI=1S/C11H25N3O2/c1-6-13-11(3,10(12)15)8-14(4)9(2)7-16-5/h9,13H,6-8H2,1-5H3,(H2,12,15). The van der Waals surface area contributed by atoms with E-state index in [1.165, 1.54) is 0 Å². The maximum absolute atomic E-state index is 11.4. The summed E-state index contributed by atoms with van der Waals surface area (Å²) in [6.45, 7) is 7.76. The first kappa shape index (κ1) is 15.3. The van der Waals surface area contributed by atoms with E-state index in [9.17, 15) is 4.79 Å². The molecule has 96 valence electrons. The van der Waals surface area contributed by atoms with Gasteiger partial charge in [0, 0.05) is 19.7 Å². The van der Waals surface area contributed by atoms with E-state index < -0.39 is 5.54 Å². The number of nitrogens with zero attached hydrogens (tertiary/aromatic N) is 1. The smallest absolute Gasteiger partial charge is 0.238 e. The molecule has 16 heavy (non-hydrogen) atoms. The average molecular weight is 231 g/mol. The maximum atomic E-state index is 11.4. The molecule has 0 aromatic rings. The number of nitrogens with two attached hydrogens (primary N) is 1. The van der Waals surface area contributed by atoms with E-state index in [1.807, 2.05) is 20.9 Å². The summed E-state index contributed by atoms with van der Waals surface area (Å²) in [5.74, 6) is -0.328. The molecule has 0 aliphatic rings. The zero-order valence-electron chi connectivity index (χ0n) is 11.0. The topological polar surface area (TPSA) is 67.6 Å². The molecule has 0 spiro atoms. The number of hydrogen-bond donors (Lipinski definition) is 2. The number of carbonyl (C=O) groups excluding carboxylic acids is 1. The number of methoxy groups -OCH3 is 1. The molecule has 1 amide bonds. The van der Waals surface area contributed by atoms with Crippen molar-refractivity contribution in [3.8, 4) is 0 Å². The Morgan fingerprint density at radius 1 is 1.62 bits per heavy atom. The predicted molar refractivity (Wildman–Crippen MR) is 65.2 cm³/mol. The highest BCUT2D eigenvalue weighted by molar-refractivity contribution is 5.84. The Morgan fingerprint density at radius 3 is 2.56 bits per heavy atom. The van der Waals surface area contributed by atoms with E-state index in [0.29, 0.717) is 19.7 Å². The molecule has 0 radical (unpaired) electrons. The van der Waals surface area contributed by atoms with Crippen LogP contribution in [0.3, 0.4) is 0 Å². The Kier molecular flexibility index (Phi) is 6.55. The molecule has 0 bridgehead atoms. The summed E-state index contributed by atoms with van der Waals surface area (Å²) in [4.78, 5) is 13.5. The molecule has 3 N–H and O–H groups in total. The number of carbonyl (C=O) groups is 1. The van der Waals surface area contributed by atoms with Crippen LogP contribution in [0.1, 0.15) is 20.8 Å². The normalized spacial score (nSPS) is 17.1. The van der Waals surface area contributed by atoms with Crippen molar-refractivity contribution >= 4 is 5.91 Å². The van der Waals surface area contributed by atoms with E-state index in [1.54, 1.807) is 7.11 Å². The molecular formula is C11H25N3O2. The lowest BCUT2D eigenvalue weighted by molar-refractivity contribution is -0.124. The molecule has 0 aromatic heterocycles. The zero-order chi connectivity index (χ0) is 12.8. The number of ether oxygens (including phenoxy) is 1. The van der Waals surface area contributed by atoms with Crippen LogP contribution in [-0.4, -0.2) is 56.2 Å². The van der Waals surface area contributed by atoms with Crippen LogP contribution >= 0.6 is 0 Å². The Labute approximate surface area is 98.3 Å². The van der Waals surface area contributed by atoms with Crippen molar-refractivity contribution in [2.75, 3.05) is 33.9 Å². The van der Waals surface area contributed by atoms with Gasteiger partial charge >= 0.3 is 0 Å². The largest absolute Gasteiger partial charge is 0.383 e. The van der Waals surface area contributed by atoms with Crippen LogP contribution in [0, 0.1) is 0 Å². The zero-order valence-corrected chi connectivity index (χ0v) is 11.0. The Hall–Kier alpha value is -0.650. The molecule has 0 fully saturated rings. The number of likely N-dealkylation sites (N-methyl/N-ethyl adjacent to an activating group) is 2. The van der Waals surface area contributed by atoms with Crippen LogP contribution in [0.15, 0.2) is 0 Å². The molecule has 0 rings (SSSR count). The molecule has 0 heterocycles. The molecular weight excluding hydrogens is 206 g/mol. The fourth-order valence-corrected chi connectivity index (χ4v) is 1.63. The van der Waals surface area contributed by atoms with Crippen LogP contribution in [0.25, 0.3) is 0 Å². The summed E-state index contributed by atoms with van der Waals surface area (Å²) in [5.41, 5.74) is 4.73. The molecule has 5 heteroatoms. The van der Waals surface area contributed by atoms with E-state index >= 15 is 0 Å². The van der Waals surface area contributed by atoms with Crippen molar-refractivity contribution in [2.24, 2.45) is 5.73 Å². The van der Waals surface area contributed by atoms with Gasteiger partial charge in [-0.05, 0) is 27.4 Å². The third-order valence-electron chi connectivity index (χ3n) is 2.84.